The molecule has 0 aromatic heterocycles. The van der Waals surface area contributed by atoms with Gasteiger partial charge in [-0.2, -0.15) is 0 Å². The number of hydrogen-bond donors (Lipinski definition) is 1. The van der Waals surface area contributed by atoms with E-state index in [1.54, 1.807) is 4.90 Å². The van der Waals surface area contributed by atoms with Gasteiger partial charge in [0.05, 0.1) is 38.0 Å². The molecule has 2 heterocycles. The van der Waals surface area contributed by atoms with E-state index in [4.69, 9.17) is 9.47 Å². The van der Waals surface area contributed by atoms with Crippen LogP contribution in [0.25, 0.3) is 0 Å². The summed E-state index contributed by atoms with van der Waals surface area (Å²) in [6.07, 6.45) is 0.0223. The van der Waals surface area contributed by atoms with Gasteiger partial charge in [0, 0.05) is 13.1 Å². The van der Waals surface area contributed by atoms with Crippen LogP contribution < -0.4 is 15.0 Å². The van der Waals surface area contributed by atoms with Crippen LogP contribution in [0.4, 0.5) is 5.69 Å². The number of fused-ring (bicyclic) bond motifs is 1. The number of morpholine rings is 1. The number of carbonyl (C=O) groups excluding carboxylic acids is 2. The number of rotatable bonds is 7. The van der Waals surface area contributed by atoms with Crippen LogP contribution in [0.3, 0.4) is 0 Å². The van der Waals surface area contributed by atoms with Crippen molar-refractivity contribution in [3.05, 3.63) is 96.1 Å². The first-order chi connectivity index (χ1) is 17.7. The van der Waals surface area contributed by atoms with E-state index >= 15 is 0 Å². The van der Waals surface area contributed by atoms with Crippen LogP contribution in [0.2, 0.25) is 0 Å². The maximum atomic E-state index is 13.4. The number of para-hydroxylation sites is 2. The first-order valence-corrected chi connectivity index (χ1v) is 12.4. The maximum absolute atomic E-state index is 13.4. The normalized spacial score (nSPS) is 18.1. The van der Waals surface area contributed by atoms with E-state index in [1.807, 2.05) is 77.7 Å². The molecule has 1 fully saturated rings. The van der Waals surface area contributed by atoms with E-state index in [-0.39, 0.29) is 24.4 Å². The zero-order valence-electron chi connectivity index (χ0n) is 20.2. The molecular formula is C29H31N3O4. The van der Waals surface area contributed by atoms with Crippen LogP contribution >= 0.6 is 0 Å². The van der Waals surface area contributed by atoms with E-state index in [0.717, 1.165) is 16.8 Å². The molecule has 0 aliphatic carbocycles. The third-order valence-corrected chi connectivity index (χ3v) is 6.61. The van der Waals surface area contributed by atoms with Crippen molar-refractivity contribution in [2.45, 2.75) is 18.6 Å². The van der Waals surface area contributed by atoms with E-state index < -0.39 is 6.10 Å². The van der Waals surface area contributed by atoms with Crippen molar-refractivity contribution in [3.63, 3.8) is 0 Å². The van der Waals surface area contributed by atoms with Gasteiger partial charge in [-0.3, -0.25) is 9.59 Å². The molecule has 2 atom stereocenters. The molecule has 7 heteroatoms. The largest absolute Gasteiger partial charge is 0.477 e. The Bertz CT molecular complexity index is 1170. The summed E-state index contributed by atoms with van der Waals surface area (Å²) in [5, 5.41) is 3.23. The minimum Gasteiger partial charge on any atom is -0.477 e. The average Bonchev–Trinajstić information content (AvgIpc) is 2.94. The second-order valence-electron chi connectivity index (χ2n) is 9.11. The van der Waals surface area contributed by atoms with Crippen LogP contribution in [0, 0.1) is 0 Å². The van der Waals surface area contributed by atoms with Crippen molar-refractivity contribution >= 4 is 17.5 Å². The molecule has 2 unspecified atom stereocenters. The number of anilines is 1. The van der Waals surface area contributed by atoms with Gasteiger partial charge in [0.25, 0.3) is 5.91 Å². The Hall–Kier alpha value is -3.84. The molecule has 0 spiro atoms. The highest BCUT2D eigenvalue weighted by Crippen LogP contribution is 2.33. The number of ether oxygens (including phenoxy) is 2. The maximum Gasteiger partial charge on any atom is 0.265 e. The Morgan fingerprint density at radius 3 is 2.31 bits per heavy atom. The Morgan fingerprint density at radius 1 is 0.889 bits per heavy atom. The van der Waals surface area contributed by atoms with Gasteiger partial charge >= 0.3 is 0 Å². The lowest BCUT2D eigenvalue weighted by Crippen LogP contribution is -2.54. The summed E-state index contributed by atoms with van der Waals surface area (Å²) >= 11 is 0. The van der Waals surface area contributed by atoms with Crippen LogP contribution in [-0.2, 0) is 20.7 Å². The number of amides is 2. The summed E-state index contributed by atoms with van der Waals surface area (Å²) in [5.74, 6) is 0.450. The SMILES string of the molecule is O=C(CN1CC(C(=O)N2CCOCC2)Oc2ccccc21)NC(Cc1ccccc1)c1ccccc1. The van der Waals surface area contributed by atoms with Gasteiger partial charge in [0.1, 0.15) is 5.75 Å². The van der Waals surface area contributed by atoms with E-state index in [2.05, 4.69) is 17.4 Å². The van der Waals surface area contributed by atoms with Crippen LogP contribution in [0.5, 0.6) is 5.75 Å². The molecule has 0 bridgehead atoms. The van der Waals surface area contributed by atoms with Crippen molar-refractivity contribution in [1.82, 2.24) is 10.2 Å². The van der Waals surface area contributed by atoms with Gasteiger partial charge in [0.2, 0.25) is 5.91 Å². The van der Waals surface area contributed by atoms with Gasteiger partial charge < -0.3 is 24.6 Å². The predicted molar refractivity (Wildman–Crippen MR) is 138 cm³/mol. The summed E-state index contributed by atoms with van der Waals surface area (Å²) in [7, 11) is 0. The Balaban J connectivity index is 1.32. The van der Waals surface area contributed by atoms with Gasteiger partial charge in [-0.15, -0.1) is 0 Å². The second-order valence-corrected chi connectivity index (χ2v) is 9.11. The standard InChI is InChI=1S/C29H31N3O4/c33-28(30-24(23-11-5-2-6-12-23)19-22-9-3-1-4-10-22)21-32-20-27(29(34)31-15-17-35-18-16-31)36-26-14-8-7-13-25(26)32/h1-14,24,27H,15-21H2,(H,30,33). The highest BCUT2D eigenvalue weighted by atomic mass is 16.5. The zero-order valence-corrected chi connectivity index (χ0v) is 20.2. The fourth-order valence-electron chi connectivity index (χ4n) is 4.77. The quantitative estimate of drug-likeness (QED) is 0.557. The second kappa shape index (κ2) is 11.3. The lowest BCUT2D eigenvalue weighted by Gasteiger charge is -2.38. The molecule has 1 N–H and O–H groups in total. The van der Waals surface area contributed by atoms with Crippen molar-refractivity contribution < 1.29 is 19.1 Å². The first kappa shape index (κ1) is 23.9. The third-order valence-electron chi connectivity index (χ3n) is 6.61. The summed E-state index contributed by atoms with van der Waals surface area (Å²) in [5.41, 5.74) is 3.02. The fraction of sp³-hybridized carbons (Fsp3) is 0.310. The number of carbonyl (C=O) groups is 2. The molecule has 3 aromatic carbocycles. The molecule has 1 saturated heterocycles. The van der Waals surface area contributed by atoms with Gasteiger partial charge in [0.15, 0.2) is 6.10 Å². The molecule has 7 nitrogen and oxygen atoms in total. The minimum atomic E-state index is -0.667. The summed E-state index contributed by atoms with van der Waals surface area (Å²) in [6.45, 7) is 2.62. The smallest absolute Gasteiger partial charge is 0.265 e. The molecule has 2 aliphatic rings. The molecular weight excluding hydrogens is 454 g/mol. The average molecular weight is 486 g/mol. The Morgan fingerprint density at radius 2 is 1.56 bits per heavy atom. The highest BCUT2D eigenvalue weighted by Gasteiger charge is 2.35. The van der Waals surface area contributed by atoms with Gasteiger partial charge in [-0.25, -0.2) is 0 Å². The minimum absolute atomic E-state index is 0.0653. The number of benzene rings is 3. The molecule has 0 radical (unpaired) electrons. The van der Waals surface area contributed by atoms with Crippen molar-refractivity contribution in [2.24, 2.45) is 0 Å². The Labute approximate surface area is 211 Å². The highest BCUT2D eigenvalue weighted by molar-refractivity contribution is 5.86. The molecule has 5 rings (SSSR count). The van der Waals surface area contributed by atoms with Crippen LogP contribution in [-0.4, -0.2) is 62.2 Å². The molecule has 186 valence electrons. The van der Waals surface area contributed by atoms with Crippen LogP contribution in [0.15, 0.2) is 84.9 Å². The first-order valence-electron chi connectivity index (χ1n) is 12.4. The lowest BCUT2D eigenvalue weighted by atomic mass is 9.99. The lowest BCUT2D eigenvalue weighted by molar-refractivity contribution is -0.142. The molecule has 3 aromatic rings. The summed E-state index contributed by atoms with van der Waals surface area (Å²) in [4.78, 5) is 30.3. The number of hydrogen-bond acceptors (Lipinski definition) is 5. The topological polar surface area (TPSA) is 71.1 Å². The van der Waals surface area contributed by atoms with Crippen molar-refractivity contribution in [2.75, 3.05) is 44.3 Å². The van der Waals surface area contributed by atoms with Gasteiger partial charge in [-0.05, 0) is 29.7 Å². The zero-order chi connectivity index (χ0) is 24.7. The predicted octanol–water partition coefficient (Wildman–Crippen LogP) is 3.21. The van der Waals surface area contributed by atoms with Crippen molar-refractivity contribution in [3.8, 4) is 5.75 Å². The molecule has 36 heavy (non-hydrogen) atoms. The molecule has 0 saturated carbocycles. The molecule has 2 aliphatic heterocycles. The summed E-state index contributed by atoms with van der Waals surface area (Å²) in [6, 6.07) is 27.6. The monoisotopic (exact) mass is 485 g/mol. The molecule has 2 amide bonds. The number of nitrogens with zero attached hydrogens (tertiary/aromatic N) is 2. The van der Waals surface area contributed by atoms with Gasteiger partial charge in [-0.1, -0.05) is 72.8 Å². The summed E-state index contributed by atoms with van der Waals surface area (Å²) < 4.78 is 11.5. The van der Waals surface area contributed by atoms with E-state index in [1.165, 1.54) is 0 Å². The number of nitrogens with one attached hydrogen (secondary N) is 1. The van der Waals surface area contributed by atoms with Crippen LogP contribution in [0.1, 0.15) is 17.2 Å². The van der Waals surface area contributed by atoms with E-state index in [0.29, 0.717) is 45.0 Å². The van der Waals surface area contributed by atoms with Crippen molar-refractivity contribution in [1.29, 1.82) is 0 Å². The Kier molecular flexibility index (Phi) is 7.47. The van der Waals surface area contributed by atoms with E-state index in [9.17, 15) is 9.59 Å². The third kappa shape index (κ3) is 5.69. The fourth-order valence-corrected chi connectivity index (χ4v) is 4.77.